The van der Waals surface area contributed by atoms with Crippen LogP contribution < -0.4 is 5.32 Å². The molecule has 0 aliphatic rings. The lowest BCUT2D eigenvalue weighted by atomic mass is 10.1. The second kappa shape index (κ2) is 8.91. The van der Waals surface area contributed by atoms with Crippen molar-refractivity contribution in [3.63, 3.8) is 0 Å². The minimum Gasteiger partial charge on any atom is -0.505 e. The Kier molecular flexibility index (Phi) is 6.11. The number of halogens is 2. The fourth-order valence-corrected chi connectivity index (χ4v) is 2.85. The van der Waals surface area contributed by atoms with E-state index in [4.69, 9.17) is 26.6 Å². The number of hydrogen-bond acceptors (Lipinski definition) is 6. The Morgan fingerprint density at radius 2 is 1.87 bits per heavy atom. The third-order valence-electron chi connectivity index (χ3n) is 4.03. The minimum atomic E-state index is -0.480. The van der Waals surface area contributed by atoms with Crippen molar-refractivity contribution >= 4 is 29.2 Å². The van der Waals surface area contributed by atoms with Gasteiger partial charge >= 0.3 is 0 Å². The molecular formula is C21H12ClFN4O3. The van der Waals surface area contributed by atoms with E-state index < -0.39 is 17.1 Å². The van der Waals surface area contributed by atoms with Crippen molar-refractivity contribution in [1.29, 1.82) is 10.5 Å². The van der Waals surface area contributed by atoms with Crippen LogP contribution in [0.2, 0.25) is 5.02 Å². The van der Waals surface area contributed by atoms with Crippen LogP contribution in [0.1, 0.15) is 11.1 Å². The van der Waals surface area contributed by atoms with Gasteiger partial charge in [-0.15, -0.1) is 0 Å². The molecule has 3 aromatic rings. The van der Waals surface area contributed by atoms with Crippen molar-refractivity contribution in [2.75, 3.05) is 5.32 Å². The summed E-state index contributed by atoms with van der Waals surface area (Å²) in [6.45, 7) is 0. The molecule has 0 bridgehead atoms. The fourth-order valence-electron chi connectivity index (χ4n) is 2.58. The molecule has 3 rings (SSSR count). The molecule has 0 unspecified atom stereocenters. The summed E-state index contributed by atoms with van der Waals surface area (Å²) in [5.41, 5.74) is 1.31. The maximum Gasteiger partial charge on any atom is 0.231 e. The van der Waals surface area contributed by atoms with E-state index >= 15 is 0 Å². The summed E-state index contributed by atoms with van der Waals surface area (Å²) >= 11 is 5.99. The number of amides is 1. The Bertz CT molecular complexity index is 1200. The maximum absolute atomic E-state index is 13.2. The van der Waals surface area contributed by atoms with Crippen LogP contribution in [0.4, 0.5) is 10.3 Å². The number of nitrogens with zero attached hydrogens (tertiary/aromatic N) is 3. The van der Waals surface area contributed by atoms with E-state index in [1.807, 2.05) is 0 Å². The number of rotatable bonds is 5. The van der Waals surface area contributed by atoms with Crippen LogP contribution in [0, 0.1) is 28.5 Å². The summed E-state index contributed by atoms with van der Waals surface area (Å²) in [6.07, 6.45) is 0.00144. The molecule has 0 spiro atoms. The molecule has 30 heavy (non-hydrogen) atoms. The van der Waals surface area contributed by atoms with Gasteiger partial charge in [-0.25, -0.2) is 4.39 Å². The van der Waals surface area contributed by atoms with Gasteiger partial charge in [-0.3, -0.25) is 10.1 Å². The van der Waals surface area contributed by atoms with Crippen molar-refractivity contribution in [3.05, 3.63) is 76.1 Å². The molecule has 1 aromatic heterocycles. The van der Waals surface area contributed by atoms with Gasteiger partial charge in [0.15, 0.2) is 11.3 Å². The zero-order valence-corrected chi connectivity index (χ0v) is 15.9. The highest BCUT2D eigenvalue weighted by Crippen LogP contribution is 2.29. The van der Waals surface area contributed by atoms with Gasteiger partial charge < -0.3 is 9.63 Å². The maximum atomic E-state index is 13.2. The molecule has 0 saturated carbocycles. The van der Waals surface area contributed by atoms with Gasteiger partial charge in [0, 0.05) is 17.2 Å². The van der Waals surface area contributed by atoms with E-state index in [0.29, 0.717) is 16.8 Å². The first kappa shape index (κ1) is 20.6. The number of carbonyl (C=O) groups is 1. The highest BCUT2D eigenvalue weighted by Gasteiger charge is 2.13. The van der Waals surface area contributed by atoms with Gasteiger partial charge in [-0.05, 0) is 23.8 Å². The molecule has 0 aliphatic heterocycles. The Labute approximate surface area is 175 Å². The molecule has 2 aromatic carbocycles. The number of anilines is 1. The third kappa shape index (κ3) is 4.64. The molecule has 0 radical (unpaired) electrons. The highest BCUT2D eigenvalue weighted by molar-refractivity contribution is 6.33. The van der Waals surface area contributed by atoms with Gasteiger partial charge in [0.05, 0.1) is 11.4 Å². The lowest BCUT2D eigenvalue weighted by Crippen LogP contribution is -2.13. The molecule has 0 atom stereocenters. The van der Waals surface area contributed by atoms with E-state index in [1.165, 1.54) is 30.3 Å². The van der Waals surface area contributed by atoms with E-state index in [2.05, 4.69) is 10.5 Å². The minimum absolute atomic E-state index is 0.00144. The van der Waals surface area contributed by atoms with Crippen LogP contribution in [0.25, 0.3) is 17.0 Å². The van der Waals surface area contributed by atoms with Gasteiger partial charge in [0.25, 0.3) is 0 Å². The topological polar surface area (TPSA) is 123 Å². The number of aromatic nitrogens is 1. The Hall–Kier alpha value is -4.14. The number of allylic oxidation sites excluding steroid dienone is 1. The molecule has 0 saturated heterocycles. The summed E-state index contributed by atoms with van der Waals surface area (Å²) in [5.74, 6) is -1.19. The SMILES string of the molecule is N#CC(C#N)=C(O)c1ccc(CC(=O)Nc2cc(-c3ccc(F)cc3Cl)no2)cc1. The Balaban J connectivity index is 1.67. The number of hydrogen-bond donors (Lipinski definition) is 2. The standard InChI is InChI=1S/C21H12ClFN4O3/c22-17-8-15(23)5-6-16(17)18-9-20(30-27-18)26-19(28)7-12-1-3-13(4-2-12)21(29)14(10-24)11-25/h1-6,8-9,29H,7H2,(H,26,28). The average molecular weight is 423 g/mol. The first-order valence-corrected chi connectivity index (χ1v) is 8.84. The summed E-state index contributed by atoms with van der Waals surface area (Å²) in [7, 11) is 0. The lowest BCUT2D eigenvalue weighted by molar-refractivity contribution is -0.115. The molecule has 7 nitrogen and oxygen atoms in total. The summed E-state index contributed by atoms with van der Waals surface area (Å²) in [4.78, 5) is 12.2. The monoisotopic (exact) mass is 422 g/mol. The van der Waals surface area contributed by atoms with Gasteiger partial charge in [0.2, 0.25) is 11.8 Å². The zero-order valence-electron chi connectivity index (χ0n) is 15.2. The molecular weight excluding hydrogens is 411 g/mol. The summed E-state index contributed by atoms with van der Waals surface area (Å²) in [6, 6.07) is 14.7. The number of aliphatic hydroxyl groups excluding tert-OH is 1. The summed E-state index contributed by atoms with van der Waals surface area (Å²) in [5, 5.41) is 34.0. The Morgan fingerprint density at radius 1 is 1.17 bits per heavy atom. The molecule has 0 fully saturated rings. The first-order valence-electron chi connectivity index (χ1n) is 8.46. The van der Waals surface area contributed by atoms with E-state index in [1.54, 1.807) is 24.3 Å². The first-order chi connectivity index (χ1) is 14.4. The van der Waals surface area contributed by atoms with E-state index in [0.717, 1.165) is 6.07 Å². The van der Waals surface area contributed by atoms with Crippen molar-refractivity contribution in [2.24, 2.45) is 0 Å². The van der Waals surface area contributed by atoms with Gasteiger partial charge in [0.1, 0.15) is 23.6 Å². The number of aliphatic hydroxyl groups is 1. The van der Waals surface area contributed by atoms with Crippen LogP contribution in [0.5, 0.6) is 0 Å². The lowest BCUT2D eigenvalue weighted by Gasteiger charge is -2.04. The number of benzene rings is 2. The zero-order chi connectivity index (χ0) is 21.7. The van der Waals surface area contributed by atoms with Crippen molar-refractivity contribution < 1.29 is 18.8 Å². The fraction of sp³-hybridized carbons (Fsp3) is 0.0476. The third-order valence-corrected chi connectivity index (χ3v) is 4.35. The quantitative estimate of drug-likeness (QED) is 0.456. The van der Waals surface area contributed by atoms with Crippen LogP contribution in [-0.4, -0.2) is 16.2 Å². The van der Waals surface area contributed by atoms with Crippen LogP contribution in [0.15, 0.2) is 58.6 Å². The smallest absolute Gasteiger partial charge is 0.231 e. The van der Waals surface area contributed by atoms with Crippen molar-refractivity contribution in [2.45, 2.75) is 6.42 Å². The highest BCUT2D eigenvalue weighted by atomic mass is 35.5. The van der Waals surface area contributed by atoms with Crippen molar-refractivity contribution in [3.8, 4) is 23.4 Å². The molecule has 9 heteroatoms. The number of nitriles is 2. The molecule has 148 valence electrons. The van der Waals surface area contributed by atoms with Crippen LogP contribution >= 0.6 is 11.6 Å². The second-order valence-corrected chi connectivity index (χ2v) is 6.48. The molecule has 2 N–H and O–H groups in total. The average Bonchev–Trinajstić information content (AvgIpc) is 3.17. The normalized spacial score (nSPS) is 10.0. The van der Waals surface area contributed by atoms with Crippen LogP contribution in [0.3, 0.4) is 0 Å². The molecule has 0 aliphatic carbocycles. The van der Waals surface area contributed by atoms with Gasteiger partial charge in [-0.1, -0.05) is 41.0 Å². The van der Waals surface area contributed by atoms with E-state index in [9.17, 15) is 14.3 Å². The molecule has 1 heterocycles. The largest absolute Gasteiger partial charge is 0.505 e. The Morgan fingerprint density at radius 3 is 2.50 bits per heavy atom. The van der Waals surface area contributed by atoms with Crippen LogP contribution in [-0.2, 0) is 11.2 Å². The van der Waals surface area contributed by atoms with E-state index in [-0.39, 0.29) is 28.8 Å². The number of carbonyl (C=O) groups excluding carboxylic acids is 1. The van der Waals surface area contributed by atoms with Gasteiger partial charge in [-0.2, -0.15) is 10.5 Å². The predicted molar refractivity (Wildman–Crippen MR) is 106 cm³/mol. The van der Waals surface area contributed by atoms with Crippen molar-refractivity contribution in [1.82, 2.24) is 5.16 Å². The number of nitrogens with one attached hydrogen (secondary N) is 1. The predicted octanol–water partition coefficient (Wildman–Crippen LogP) is 4.63. The summed E-state index contributed by atoms with van der Waals surface area (Å²) < 4.78 is 18.2. The second-order valence-electron chi connectivity index (χ2n) is 6.07. The molecule has 1 amide bonds.